The highest BCUT2D eigenvalue weighted by Gasteiger charge is 2.13. The van der Waals surface area contributed by atoms with Crippen LogP contribution in [0.4, 0.5) is 0 Å². The first-order chi connectivity index (χ1) is 11.1. The van der Waals surface area contributed by atoms with Crippen LogP contribution in [0.3, 0.4) is 0 Å². The average molecular weight is 393 g/mol. The van der Waals surface area contributed by atoms with Crippen molar-refractivity contribution in [3.63, 3.8) is 0 Å². The zero-order chi connectivity index (χ0) is 16.2. The van der Waals surface area contributed by atoms with E-state index in [0.29, 0.717) is 22.3 Å². The Balaban J connectivity index is 1.68. The molecule has 2 aromatic carbocycles. The molecule has 1 amide bonds. The van der Waals surface area contributed by atoms with Crippen LogP contribution in [0.25, 0.3) is 11.4 Å². The number of benzene rings is 2. The van der Waals surface area contributed by atoms with Crippen molar-refractivity contribution in [1.82, 2.24) is 15.5 Å². The van der Waals surface area contributed by atoms with E-state index in [9.17, 15) is 4.79 Å². The van der Waals surface area contributed by atoms with E-state index in [0.717, 1.165) is 10.0 Å². The van der Waals surface area contributed by atoms with E-state index in [2.05, 4.69) is 31.4 Å². The molecule has 1 N–H and O–H groups in total. The summed E-state index contributed by atoms with van der Waals surface area (Å²) in [6, 6.07) is 14.5. The van der Waals surface area contributed by atoms with Gasteiger partial charge in [-0.2, -0.15) is 4.98 Å². The second kappa shape index (κ2) is 6.93. The van der Waals surface area contributed by atoms with Gasteiger partial charge in [-0.15, -0.1) is 0 Å². The largest absolute Gasteiger partial charge is 0.343 e. The molecule has 23 heavy (non-hydrogen) atoms. The minimum absolute atomic E-state index is 0.126. The Morgan fingerprint density at radius 1 is 1.22 bits per heavy atom. The van der Waals surface area contributed by atoms with E-state index in [-0.39, 0.29) is 12.5 Å². The number of aromatic nitrogens is 2. The summed E-state index contributed by atoms with van der Waals surface area (Å²) in [4.78, 5) is 16.4. The first-order valence-electron chi connectivity index (χ1n) is 6.75. The molecule has 0 aliphatic carbocycles. The molecule has 0 saturated heterocycles. The summed E-state index contributed by atoms with van der Waals surface area (Å²) in [5.74, 6) is 0.495. The van der Waals surface area contributed by atoms with Crippen LogP contribution in [0.5, 0.6) is 0 Å². The molecular weight excluding hydrogens is 382 g/mol. The van der Waals surface area contributed by atoms with Gasteiger partial charge in [-0.25, -0.2) is 0 Å². The van der Waals surface area contributed by atoms with E-state index in [1.807, 2.05) is 30.3 Å². The lowest BCUT2D eigenvalue weighted by atomic mass is 10.2. The van der Waals surface area contributed by atoms with Crippen molar-refractivity contribution in [2.75, 3.05) is 0 Å². The Morgan fingerprint density at radius 2 is 2.00 bits per heavy atom. The summed E-state index contributed by atoms with van der Waals surface area (Å²) < 4.78 is 5.92. The van der Waals surface area contributed by atoms with Crippen LogP contribution in [0.1, 0.15) is 16.2 Å². The smallest absolute Gasteiger partial charge is 0.253 e. The van der Waals surface area contributed by atoms with E-state index in [1.165, 1.54) is 0 Å². The van der Waals surface area contributed by atoms with Crippen molar-refractivity contribution >= 4 is 33.4 Å². The lowest BCUT2D eigenvalue weighted by Crippen LogP contribution is -2.23. The van der Waals surface area contributed by atoms with Crippen LogP contribution < -0.4 is 5.32 Å². The Bertz CT molecular complexity index is 836. The third-order valence-electron chi connectivity index (χ3n) is 3.07. The summed E-state index contributed by atoms with van der Waals surface area (Å²) in [5.41, 5.74) is 1.23. The fourth-order valence-electron chi connectivity index (χ4n) is 1.95. The number of carbonyl (C=O) groups excluding carboxylic acids is 1. The van der Waals surface area contributed by atoms with Gasteiger partial charge in [0.05, 0.1) is 17.1 Å². The van der Waals surface area contributed by atoms with Gasteiger partial charge in [-0.1, -0.05) is 63.0 Å². The van der Waals surface area contributed by atoms with Crippen LogP contribution in [0.15, 0.2) is 57.5 Å². The predicted octanol–water partition coefficient (Wildman–Crippen LogP) is 4.08. The Kier molecular flexibility index (Phi) is 4.73. The highest BCUT2D eigenvalue weighted by atomic mass is 79.9. The molecule has 1 aromatic heterocycles. The number of amides is 1. The van der Waals surface area contributed by atoms with Crippen LogP contribution in [-0.4, -0.2) is 16.0 Å². The zero-order valence-corrected chi connectivity index (χ0v) is 14.1. The first-order valence-corrected chi connectivity index (χ1v) is 7.92. The van der Waals surface area contributed by atoms with Crippen molar-refractivity contribution in [2.24, 2.45) is 0 Å². The zero-order valence-electron chi connectivity index (χ0n) is 11.8. The molecule has 3 rings (SSSR count). The molecule has 0 radical (unpaired) electrons. The maximum Gasteiger partial charge on any atom is 0.253 e. The van der Waals surface area contributed by atoms with E-state index in [4.69, 9.17) is 16.1 Å². The molecule has 0 atom stereocenters. The second-order valence-corrected chi connectivity index (χ2v) is 6.01. The molecule has 7 heteroatoms. The molecule has 3 aromatic rings. The maximum atomic E-state index is 12.2. The van der Waals surface area contributed by atoms with Crippen molar-refractivity contribution < 1.29 is 9.32 Å². The normalized spacial score (nSPS) is 10.5. The van der Waals surface area contributed by atoms with Gasteiger partial charge in [-0.3, -0.25) is 4.79 Å². The van der Waals surface area contributed by atoms with Crippen molar-refractivity contribution in [1.29, 1.82) is 0 Å². The fourth-order valence-corrected chi connectivity index (χ4v) is 2.52. The molecular formula is C16H11BrClN3O2. The van der Waals surface area contributed by atoms with Gasteiger partial charge in [0.1, 0.15) is 0 Å². The van der Waals surface area contributed by atoms with Gasteiger partial charge in [0.2, 0.25) is 11.7 Å². The van der Waals surface area contributed by atoms with Crippen molar-refractivity contribution in [3.05, 3.63) is 69.5 Å². The molecule has 1 heterocycles. The third-order valence-corrected chi connectivity index (χ3v) is 3.90. The maximum absolute atomic E-state index is 12.2. The fraction of sp³-hybridized carbons (Fsp3) is 0.0625. The standard InChI is InChI=1S/C16H11BrClN3O2/c17-11-6-7-13(18)12(8-11)16(22)19-9-14-20-15(21-23-14)10-4-2-1-3-5-10/h1-8H,9H2,(H,19,22). The Labute approximate surface area is 145 Å². The van der Waals surface area contributed by atoms with Crippen LogP contribution >= 0.6 is 27.5 Å². The number of nitrogens with zero attached hydrogens (tertiary/aromatic N) is 2. The molecule has 0 aliphatic rings. The lowest BCUT2D eigenvalue weighted by molar-refractivity contribution is 0.0946. The highest BCUT2D eigenvalue weighted by Crippen LogP contribution is 2.21. The Hall–Kier alpha value is -2.18. The minimum Gasteiger partial charge on any atom is -0.343 e. The summed E-state index contributed by atoms with van der Waals surface area (Å²) in [6.45, 7) is 0.126. The predicted molar refractivity (Wildman–Crippen MR) is 90.1 cm³/mol. The van der Waals surface area contributed by atoms with Crippen LogP contribution in [0, 0.1) is 0 Å². The summed E-state index contributed by atoms with van der Waals surface area (Å²) in [7, 11) is 0. The van der Waals surface area contributed by atoms with Crippen LogP contribution in [0.2, 0.25) is 5.02 Å². The Morgan fingerprint density at radius 3 is 2.78 bits per heavy atom. The summed E-state index contributed by atoms with van der Waals surface area (Å²) in [6.07, 6.45) is 0. The number of rotatable bonds is 4. The van der Waals surface area contributed by atoms with Gasteiger partial charge < -0.3 is 9.84 Å². The third kappa shape index (κ3) is 3.78. The molecule has 0 unspecified atom stereocenters. The van der Waals surface area contributed by atoms with E-state index < -0.39 is 0 Å². The molecule has 116 valence electrons. The van der Waals surface area contributed by atoms with Crippen LogP contribution in [-0.2, 0) is 6.54 Å². The molecule has 0 aliphatic heterocycles. The number of hydrogen-bond donors (Lipinski definition) is 1. The van der Waals surface area contributed by atoms with Crippen molar-refractivity contribution in [2.45, 2.75) is 6.54 Å². The van der Waals surface area contributed by atoms with E-state index in [1.54, 1.807) is 18.2 Å². The monoisotopic (exact) mass is 391 g/mol. The molecule has 0 spiro atoms. The van der Waals surface area contributed by atoms with Crippen molar-refractivity contribution in [3.8, 4) is 11.4 Å². The summed E-state index contributed by atoms with van der Waals surface area (Å²) in [5, 5.41) is 6.98. The number of nitrogens with one attached hydrogen (secondary N) is 1. The van der Waals surface area contributed by atoms with Gasteiger partial charge in [0.25, 0.3) is 5.91 Å². The molecule has 5 nitrogen and oxygen atoms in total. The van der Waals surface area contributed by atoms with Gasteiger partial charge in [-0.05, 0) is 18.2 Å². The summed E-state index contributed by atoms with van der Waals surface area (Å²) >= 11 is 9.33. The molecule has 0 fully saturated rings. The lowest BCUT2D eigenvalue weighted by Gasteiger charge is -2.05. The average Bonchev–Trinajstić information content (AvgIpc) is 3.05. The second-order valence-electron chi connectivity index (χ2n) is 4.68. The van der Waals surface area contributed by atoms with Gasteiger partial charge in [0, 0.05) is 10.0 Å². The SMILES string of the molecule is O=C(NCc1nc(-c2ccccc2)no1)c1cc(Br)ccc1Cl. The van der Waals surface area contributed by atoms with Gasteiger partial charge in [0.15, 0.2) is 0 Å². The molecule has 0 bridgehead atoms. The highest BCUT2D eigenvalue weighted by molar-refractivity contribution is 9.10. The topological polar surface area (TPSA) is 68.0 Å². The number of halogens is 2. The number of hydrogen-bond acceptors (Lipinski definition) is 4. The molecule has 0 saturated carbocycles. The minimum atomic E-state index is -0.309. The first kappa shape index (κ1) is 15.7. The quantitative estimate of drug-likeness (QED) is 0.726. The van der Waals surface area contributed by atoms with Gasteiger partial charge >= 0.3 is 0 Å². The van der Waals surface area contributed by atoms with E-state index >= 15 is 0 Å². The number of carbonyl (C=O) groups is 1.